The summed E-state index contributed by atoms with van der Waals surface area (Å²) in [6.45, 7) is 1.75. The third kappa shape index (κ3) is 6.10. The van der Waals surface area contributed by atoms with Gasteiger partial charge >= 0.3 is 0 Å². The van der Waals surface area contributed by atoms with Crippen LogP contribution in [-0.4, -0.2) is 41.3 Å². The van der Waals surface area contributed by atoms with Crippen molar-refractivity contribution in [2.45, 2.75) is 30.2 Å². The lowest BCUT2D eigenvalue weighted by Crippen LogP contribution is -2.22. The molecule has 2 heterocycles. The van der Waals surface area contributed by atoms with Gasteiger partial charge in [-0.25, -0.2) is 8.42 Å². The Hall–Kier alpha value is -2.85. The number of sulfone groups is 1. The van der Waals surface area contributed by atoms with Crippen LogP contribution in [0.1, 0.15) is 19.2 Å². The Kier molecular flexibility index (Phi) is 6.80. The number of nitrogens with one attached hydrogen (secondary N) is 1. The summed E-state index contributed by atoms with van der Waals surface area (Å²) in [6.07, 6.45) is 1.05. The van der Waals surface area contributed by atoms with Crippen molar-refractivity contribution in [1.82, 2.24) is 10.2 Å². The van der Waals surface area contributed by atoms with Gasteiger partial charge in [0.2, 0.25) is 11.8 Å². The van der Waals surface area contributed by atoms with Gasteiger partial charge in [0.1, 0.15) is 11.5 Å². The molecule has 1 aliphatic rings. The Bertz CT molecular complexity index is 1160. The molecule has 1 aliphatic heterocycles. The van der Waals surface area contributed by atoms with Gasteiger partial charge in [0.15, 0.2) is 9.84 Å². The monoisotopic (exact) mass is 473 g/mol. The maximum Gasteiger partial charge on any atom is 0.277 e. The molecule has 1 saturated heterocycles. The van der Waals surface area contributed by atoms with Crippen molar-refractivity contribution in [3.8, 4) is 11.5 Å². The highest BCUT2D eigenvalue weighted by atomic mass is 32.2. The fourth-order valence-corrected chi connectivity index (χ4v) is 5.89. The van der Waals surface area contributed by atoms with Gasteiger partial charge in [-0.1, -0.05) is 30.0 Å². The first-order chi connectivity index (χ1) is 15.4. The Morgan fingerprint density at radius 3 is 2.56 bits per heavy atom. The van der Waals surface area contributed by atoms with Crippen molar-refractivity contribution in [3.05, 3.63) is 60.5 Å². The van der Waals surface area contributed by atoms with Gasteiger partial charge < -0.3 is 14.5 Å². The number of nitrogens with zero attached hydrogens (tertiary/aromatic N) is 2. The summed E-state index contributed by atoms with van der Waals surface area (Å²) in [6, 6.07) is 16.6. The van der Waals surface area contributed by atoms with Gasteiger partial charge in [0, 0.05) is 12.1 Å². The minimum absolute atomic E-state index is 0.00728. The Morgan fingerprint density at radius 2 is 1.88 bits per heavy atom. The molecule has 0 aliphatic carbocycles. The van der Waals surface area contributed by atoms with Gasteiger partial charge in [-0.05, 0) is 55.7 Å². The number of hydrogen-bond donors (Lipinski definition) is 1. The average molecular weight is 474 g/mol. The number of ether oxygens (including phenoxy) is 1. The first-order valence-electron chi connectivity index (χ1n) is 10.2. The summed E-state index contributed by atoms with van der Waals surface area (Å²) < 4.78 is 34.5. The summed E-state index contributed by atoms with van der Waals surface area (Å²) in [4.78, 5) is 12.5. The first kappa shape index (κ1) is 22.3. The number of para-hydroxylation sites is 1. The van der Waals surface area contributed by atoms with Crippen molar-refractivity contribution in [1.29, 1.82) is 0 Å². The van der Waals surface area contributed by atoms with Gasteiger partial charge in [-0.3, -0.25) is 4.79 Å². The van der Waals surface area contributed by atoms with E-state index < -0.39 is 15.1 Å². The van der Waals surface area contributed by atoms with E-state index in [1.54, 1.807) is 31.2 Å². The highest BCUT2D eigenvalue weighted by Crippen LogP contribution is 2.27. The summed E-state index contributed by atoms with van der Waals surface area (Å²) in [5.74, 6) is 1.99. The minimum Gasteiger partial charge on any atom is -0.457 e. The van der Waals surface area contributed by atoms with Crippen LogP contribution in [0.4, 0.5) is 5.69 Å². The zero-order valence-corrected chi connectivity index (χ0v) is 19.1. The van der Waals surface area contributed by atoms with Crippen molar-refractivity contribution >= 4 is 33.2 Å². The SMILES string of the molecule is C[C@@H](Sc1nnc(C[C@H]2CCS(=O)(=O)C2)o1)C(=O)Nc1ccc(Oc2ccccc2)cc1. The molecule has 1 aromatic heterocycles. The largest absolute Gasteiger partial charge is 0.457 e. The predicted molar refractivity (Wildman–Crippen MR) is 122 cm³/mol. The van der Waals surface area contributed by atoms with E-state index in [2.05, 4.69) is 15.5 Å². The van der Waals surface area contributed by atoms with Crippen LogP contribution in [0.25, 0.3) is 0 Å². The third-order valence-electron chi connectivity index (χ3n) is 4.99. The Balaban J connectivity index is 1.27. The minimum atomic E-state index is -2.94. The van der Waals surface area contributed by atoms with Crippen LogP contribution in [0.5, 0.6) is 11.5 Å². The highest BCUT2D eigenvalue weighted by Gasteiger charge is 2.29. The molecule has 1 N–H and O–H groups in total. The molecule has 2 aromatic carbocycles. The maximum absolute atomic E-state index is 12.5. The number of carbonyl (C=O) groups excluding carboxylic acids is 1. The van der Waals surface area contributed by atoms with E-state index in [4.69, 9.17) is 9.15 Å². The number of benzene rings is 2. The molecule has 1 amide bonds. The number of amides is 1. The smallest absolute Gasteiger partial charge is 0.277 e. The number of hydrogen-bond acceptors (Lipinski definition) is 8. The fourth-order valence-electron chi connectivity index (χ4n) is 3.33. The molecule has 0 radical (unpaired) electrons. The van der Waals surface area contributed by atoms with E-state index >= 15 is 0 Å². The molecule has 0 bridgehead atoms. The van der Waals surface area contributed by atoms with E-state index in [0.717, 1.165) is 17.5 Å². The van der Waals surface area contributed by atoms with Gasteiger partial charge in [0.05, 0.1) is 16.8 Å². The number of rotatable bonds is 8. The molecule has 3 aromatic rings. The second kappa shape index (κ2) is 9.74. The molecule has 32 heavy (non-hydrogen) atoms. The third-order valence-corrected chi connectivity index (χ3v) is 7.76. The normalized spacial score (nSPS) is 18.2. The molecule has 4 rings (SSSR count). The van der Waals surface area contributed by atoms with Crippen LogP contribution in [0.15, 0.2) is 64.2 Å². The van der Waals surface area contributed by atoms with Crippen molar-refractivity contribution in [3.63, 3.8) is 0 Å². The molecule has 0 saturated carbocycles. The van der Waals surface area contributed by atoms with E-state index in [-0.39, 0.29) is 28.6 Å². The van der Waals surface area contributed by atoms with Crippen LogP contribution in [0.2, 0.25) is 0 Å². The highest BCUT2D eigenvalue weighted by molar-refractivity contribution is 8.00. The van der Waals surface area contributed by atoms with E-state index in [9.17, 15) is 13.2 Å². The quantitative estimate of drug-likeness (QED) is 0.490. The molecule has 2 atom stereocenters. The van der Waals surface area contributed by atoms with Crippen LogP contribution in [0.3, 0.4) is 0 Å². The van der Waals surface area contributed by atoms with Crippen molar-refractivity contribution < 1.29 is 22.4 Å². The van der Waals surface area contributed by atoms with E-state index in [1.165, 1.54) is 0 Å². The standard InChI is InChI=1S/C22H23N3O5S2/c1-15(31-22-25-24-20(30-22)13-16-11-12-32(27,28)14-16)21(26)23-17-7-9-19(10-8-17)29-18-5-3-2-4-6-18/h2-10,15-16H,11-14H2,1H3,(H,23,26)/t15-,16-/m1/s1. The average Bonchev–Trinajstić information content (AvgIpc) is 3.35. The topological polar surface area (TPSA) is 111 Å². The number of aromatic nitrogens is 2. The van der Waals surface area contributed by atoms with E-state index in [0.29, 0.717) is 30.2 Å². The van der Waals surface area contributed by atoms with Gasteiger partial charge in [-0.2, -0.15) is 0 Å². The molecule has 0 spiro atoms. The van der Waals surface area contributed by atoms with Crippen molar-refractivity contribution in [2.75, 3.05) is 16.8 Å². The lowest BCUT2D eigenvalue weighted by Gasteiger charge is -2.11. The molecule has 10 heteroatoms. The summed E-state index contributed by atoms with van der Waals surface area (Å²) in [5, 5.41) is 10.6. The summed E-state index contributed by atoms with van der Waals surface area (Å²) >= 11 is 1.16. The first-order valence-corrected chi connectivity index (χ1v) is 12.9. The molecule has 0 unspecified atom stereocenters. The van der Waals surface area contributed by atoms with Gasteiger partial charge in [0.25, 0.3) is 5.22 Å². The Morgan fingerprint density at radius 1 is 1.16 bits per heavy atom. The fraction of sp³-hybridized carbons (Fsp3) is 0.318. The van der Waals surface area contributed by atoms with Crippen LogP contribution < -0.4 is 10.1 Å². The Labute approximate surface area is 190 Å². The number of carbonyl (C=O) groups is 1. The number of anilines is 1. The van der Waals surface area contributed by atoms with Crippen LogP contribution >= 0.6 is 11.8 Å². The zero-order chi connectivity index (χ0) is 22.6. The molecule has 168 valence electrons. The second-order valence-electron chi connectivity index (χ2n) is 7.62. The molecular formula is C22H23N3O5S2. The zero-order valence-electron chi connectivity index (χ0n) is 17.4. The predicted octanol–water partition coefficient (Wildman–Crippen LogP) is 3.96. The maximum atomic E-state index is 12.5. The summed E-state index contributed by atoms with van der Waals surface area (Å²) in [7, 11) is -2.94. The molecule has 1 fully saturated rings. The van der Waals surface area contributed by atoms with Crippen LogP contribution in [-0.2, 0) is 21.1 Å². The molecular weight excluding hydrogens is 450 g/mol. The number of thioether (sulfide) groups is 1. The lowest BCUT2D eigenvalue weighted by molar-refractivity contribution is -0.115. The second-order valence-corrected chi connectivity index (χ2v) is 11.1. The van der Waals surface area contributed by atoms with E-state index in [1.807, 2.05) is 30.3 Å². The lowest BCUT2D eigenvalue weighted by atomic mass is 10.1. The summed E-state index contributed by atoms with van der Waals surface area (Å²) in [5.41, 5.74) is 0.650. The molecule has 8 nitrogen and oxygen atoms in total. The van der Waals surface area contributed by atoms with Crippen molar-refractivity contribution in [2.24, 2.45) is 5.92 Å². The van der Waals surface area contributed by atoms with Crippen LogP contribution in [0, 0.1) is 5.92 Å². The van der Waals surface area contributed by atoms with Gasteiger partial charge in [-0.15, -0.1) is 10.2 Å².